The maximum Gasteiger partial charge on any atom is 0.191 e. The van der Waals surface area contributed by atoms with Crippen LogP contribution in [0.25, 0.3) is 0 Å². The second-order valence-corrected chi connectivity index (χ2v) is 9.99. The third-order valence-electron chi connectivity index (χ3n) is 5.55. The maximum atomic E-state index is 12.2. The van der Waals surface area contributed by atoms with Crippen LogP contribution >= 0.6 is 24.0 Å². The van der Waals surface area contributed by atoms with Crippen LogP contribution in [-0.2, 0) is 10.8 Å². The van der Waals surface area contributed by atoms with E-state index in [0.29, 0.717) is 17.2 Å². The van der Waals surface area contributed by atoms with Crippen molar-refractivity contribution in [2.75, 3.05) is 38.5 Å². The fourth-order valence-electron chi connectivity index (χ4n) is 4.15. The van der Waals surface area contributed by atoms with E-state index in [4.69, 9.17) is 4.99 Å². The van der Waals surface area contributed by atoms with Crippen LogP contribution in [-0.4, -0.2) is 64.8 Å². The number of nitrogens with one attached hydrogen (secondary N) is 2. The van der Waals surface area contributed by atoms with E-state index in [1.54, 1.807) is 0 Å². The monoisotopic (exact) mass is 512 g/mol. The largest absolute Gasteiger partial charge is 0.357 e. The lowest BCUT2D eigenvalue weighted by molar-refractivity contribution is 0.203. The van der Waals surface area contributed by atoms with Gasteiger partial charge in [-0.2, -0.15) is 0 Å². The second kappa shape index (κ2) is 14.1. The molecule has 1 saturated carbocycles. The molecule has 2 fully saturated rings. The first-order valence-electron chi connectivity index (χ1n) is 10.8. The molecule has 1 saturated heterocycles. The quantitative estimate of drug-likeness (QED) is 0.298. The van der Waals surface area contributed by atoms with Crippen molar-refractivity contribution in [2.45, 2.75) is 77.0 Å². The lowest BCUT2D eigenvalue weighted by Gasteiger charge is -2.30. The van der Waals surface area contributed by atoms with Crippen molar-refractivity contribution in [3.05, 3.63) is 0 Å². The van der Waals surface area contributed by atoms with E-state index < -0.39 is 10.8 Å². The molecule has 0 aromatic heterocycles. The third kappa shape index (κ3) is 9.43. The molecule has 0 radical (unpaired) electrons. The van der Waals surface area contributed by atoms with Gasteiger partial charge in [-0.1, -0.05) is 26.7 Å². The number of halogens is 1. The third-order valence-corrected chi connectivity index (χ3v) is 7.29. The number of aliphatic imine (C=N–C) groups is 1. The van der Waals surface area contributed by atoms with Crippen molar-refractivity contribution in [3.8, 4) is 0 Å². The highest BCUT2D eigenvalue weighted by molar-refractivity contribution is 14.0. The average molecular weight is 513 g/mol. The minimum absolute atomic E-state index is 0. The molecule has 27 heavy (non-hydrogen) atoms. The van der Waals surface area contributed by atoms with E-state index in [1.165, 1.54) is 38.8 Å². The number of rotatable bonds is 8. The Morgan fingerprint density at radius 3 is 2.59 bits per heavy atom. The Hall–Kier alpha value is 0.110. The molecule has 4 unspecified atom stereocenters. The Morgan fingerprint density at radius 1 is 1.19 bits per heavy atom. The first-order valence-corrected chi connectivity index (χ1v) is 12.1. The van der Waals surface area contributed by atoms with Crippen LogP contribution in [0.1, 0.15) is 65.7 Å². The van der Waals surface area contributed by atoms with Gasteiger partial charge in [-0.3, -0.25) is 9.20 Å². The number of hydrogen-bond acceptors (Lipinski definition) is 3. The van der Waals surface area contributed by atoms with E-state index >= 15 is 0 Å². The molecule has 1 aliphatic carbocycles. The van der Waals surface area contributed by atoms with E-state index in [-0.39, 0.29) is 24.0 Å². The van der Waals surface area contributed by atoms with Gasteiger partial charge in [0.05, 0.1) is 0 Å². The minimum atomic E-state index is -0.674. The summed E-state index contributed by atoms with van der Waals surface area (Å²) in [5, 5.41) is 7.37. The molecule has 4 atom stereocenters. The standard InChI is InChI=1S/C20H40N4OS.HI/c1-4-21-20(22-15-17(3)16-24-12-7-6-8-13-24)23-18-10-9-11-19(14-18)26(25)5-2;/h17-19H,4-16H2,1-3H3,(H2,21,22,23);1H. The summed E-state index contributed by atoms with van der Waals surface area (Å²) in [6.07, 6.45) is 8.53. The van der Waals surface area contributed by atoms with Crippen molar-refractivity contribution >= 4 is 40.7 Å². The van der Waals surface area contributed by atoms with Gasteiger partial charge >= 0.3 is 0 Å². The summed E-state index contributed by atoms with van der Waals surface area (Å²) in [5.41, 5.74) is 0. The van der Waals surface area contributed by atoms with Gasteiger partial charge in [-0.25, -0.2) is 0 Å². The summed E-state index contributed by atoms with van der Waals surface area (Å²) in [7, 11) is -0.674. The zero-order valence-electron chi connectivity index (χ0n) is 17.5. The lowest BCUT2D eigenvalue weighted by atomic mass is 9.95. The number of guanidine groups is 1. The summed E-state index contributed by atoms with van der Waals surface area (Å²) in [4.78, 5) is 7.45. The molecule has 2 N–H and O–H groups in total. The predicted molar refractivity (Wildman–Crippen MR) is 129 cm³/mol. The van der Waals surface area contributed by atoms with Gasteiger partial charge < -0.3 is 15.5 Å². The van der Waals surface area contributed by atoms with Crippen molar-refractivity contribution in [2.24, 2.45) is 10.9 Å². The average Bonchev–Trinajstić information content (AvgIpc) is 2.66. The molecule has 0 aromatic carbocycles. The number of piperidine rings is 1. The first kappa shape index (κ1) is 25.1. The maximum absolute atomic E-state index is 12.2. The second-order valence-electron chi connectivity index (χ2n) is 7.99. The van der Waals surface area contributed by atoms with Crippen LogP contribution < -0.4 is 10.6 Å². The van der Waals surface area contributed by atoms with Gasteiger partial charge in [0, 0.05) is 47.5 Å². The Labute approximate surface area is 186 Å². The van der Waals surface area contributed by atoms with E-state index in [9.17, 15) is 4.21 Å². The molecule has 0 spiro atoms. The summed E-state index contributed by atoms with van der Waals surface area (Å²) in [6.45, 7) is 11.9. The van der Waals surface area contributed by atoms with Gasteiger partial charge in [-0.05, 0) is 58.0 Å². The van der Waals surface area contributed by atoms with Crippen molar-refractivity contribution in [1.82, 2.24) is 15.5 Å². The van der Waals surface area contributed by atoms with E-state index in [0.717, 1.165) is 50.6 Å². The van der Waals surface area contributed by atoms with Crippen LogP contribution in [0.4, 0.5) is 0 Å². The van der Waals surface area contributed by atoms with E-state index in [2.05, 4.69) is 29.4 Å². The van der Waals surface area contributed by atoms with Gasteiger partial charge in [0.1, 0.15) is 0 Å². The highest BCUT2D eigenvalue weighted by Gasteiger charge is 2.26. The van der Waals surface area contributed by atoms with Crippen LogP contribution in [0.2, 0.25) is 0 Å². The minimum Gasteiger partial charge on any atom is -0.357 e. The molecular weight excluding hydrogens is 471 g/mol. The summed E-state index contributed by atoms with van der Waals surface area (Å²) in [5.74, 6) is 2.29. The molecule has 2 rings (SSSR count). The fourth-order valence-corrected chi connectivity index (χ4v) is 5.50. The van der Waals surface area contributed by atoms with Gasteiger partial charge in [-0.15, -0.1) is 24.0 Å². The molecule has 160 valence electrons. The van der Waals surface area contributed by atoms with Crippen LogP contribution in [0.5, 0.6) is 0 Å². The highest BCUT2D eigenvalue weighted by Crippen LogP contribution is 2.23. The van der Waals surface area contributed by atoms with Gasteiger partial charge in [0.2, 0.25) is 0 Å². The molecule has 0 aromatic rings. The van der Waals surface area contributed by atoms with Crippen molar-refractivity contribution < 1.29 is 4.21 Å². The van der Waals surface area contributed by atoms with Crippen molar-refractivity contribution in [3.63, 3.8) is 0 Å². The van der Waals surface area contributed by atoms with Gasteiger partial charge in [0.25, 0.3) is 0 Å². The SMILES string of the molecule is CCNC(=NCC(C)CN1CCCCC1)NC1CCCC(S(=O)CC)C1.I. The molecule has 5 nitrogen and oxygen atoms in total. The van der Waals surface area contributed by atoms with Crippen LogP contribution in [0.15, 0.2) is 4.99 Å². The smallest absolute Gasteiger partial charge is 0.191 e. The van der Waals surface area contributed by atoms with E-state index in [1.807, 2.05) is 6.92 Å². The Kier molecular flexibility index (Phi) is 13.2. The zero-order chi connectivity index (χ0) is 18.8. The first-order chi connectivity index (χ1) is 12.6. The predicted octanol–water partition coefficient (Wildman–Crippen LogP) is 3.36. The molecule has 1 aliphatic heterocycles. The molecule has 1 heterocycles. The Morgan fingerprint density at radius 2 is 1.93 bits per heavy atom. The zero-order valence-corrected chi connectivity index (χ0v) is 20.7. The van der Waals surface area contributed by atoms with Crippen LogP contribution in [0, 0.1) is 5.92 Å². The number of hydrogen-bond donors (Lipinski definition) is 2. The van der Waals surface area contributed by atoms with Gasteiger partial charge in [0.15, 0.2) is 5.96 Å². The Balaban J connectivity index is 0.00000364. The molecule has 7 heteroatoms. The molecular formula is C20H41IN4OS. The topological polar surface area (TPSA) is 56.7 Å². The Bertz CT molecular complexity index is 457. The highest BCUT2D eigenvalue weighted by atomic mass is 127. The molecule has 2 aliphatic rings. The summed E-state index contributed by atoms with van der Waals surface area (Å²) < 4.78 is 12.2. The summed E-state index contributed by atoms with van der Waals surface area (Å²) in [6, 6.07) is 0.402. The lowest BCUT2D eigenvalue weighted by Crippen LogP contribution is -2.47. The van der Waals surface area contributed by atoms with Crippen LogP contribution in [0.3, 0.4) is 0 Å². The number of nitrogens with zero attached hydrogens (tertiary/aromatic N) is 2. The molecule has 0 amide bonds. The normalized spacial score (nSPS) is 26.7. The summed E-state index contributed by atoms with van der Waals surface area (Å²) >= 11 is 0. The fraction of sp³-hybridized carbons (Fsp3) is 0.950. The molecule has 0 bridgehead atoms. The van der Waals surface area contributed by atoms with Crippen molar-refractivity contribution in [1.29, 1.82) is 0 Å². The number of likely N-dealkylation sites (tertiary alicyclic amines) is 1.